The van der Waals surface area contributed by atoms with Crippen LogP contribution in [0.5, 0.6) is 5.75 Å². The first kappa shape index (κ1) is 25.6. The van der Waals surface area contributed by atoms with Crippen LogP contribution in [0, 0.1) is 16.7 Å². The second-order valence-electron chi connectivity index (χ2n) is 9.50. The number of hydrogen-bond acceptors (Lipinski definition) is 9. The highest BCUT2D eigenvalue weighted by atomic mass is 35.5. The Kier molecular flexibility index (Phi) is 7.19. The zero-order chi connectivity index (χ0) is 26.2. The van der Waals surface area contributed by atoms with E-state index >= 15 is 0 Å². The Balaban J connectivity index is 1.31. The molecule has 0 spiro atoms. The summed E-state index contributed by atoms with van der Waals surface area (Å²) < 4.78 is 5.88. The lowest BCUT2D eigenvalue weighted by atomic mass is 9.90. The van der Waals surface area contributed by atoms with Gasteiger partial charge in [0.15, 0.2) is 0 Å². The van der Waals surface area contributed by atoms with Crippen LogP contribution < -0.4 is 20.7 Å². The molecule has 2 saturated heterocycles. The van der Waals surface area contributed by atoms with Crippen LogP contribution in [-0.4, -0.2) is 51.9 Å². The van der Waals surface area contributed by atoms with Crippen molar-refractivity contribution in [1.29, 1.82) is 10.7 Å². The number of nitrogens with one attached hydrogen (secondary N) is 2. The van der Waals surface area contributed by atoms with E-state index in [1.807, 2.05) is 11.8 Å². The van der Waals surface area contributed by atoms with E-state index in [4.69, 9.17) is 39.1 Å². The topological polar surface area (TPSA) is 124 Å². The first-order valence-corrected chi connectivity index (χ1v) is 13.6. The van der Waals surface area contributed by atoms with Crippen LogP contribution in [-0.2, 0) is 6.61 Å². The van der Waals surface area contributed by atoms with Crippen LogP contribution >= 0.6 is 35.0 Å². The summed E-state index contributed by atoms with van der Waals surface area (Å²) in [5.74, 6) is 3.43. The lowest BCUT2D eigenvalue weighted by molar-refractivity contribution is 0.259. The molecule has 2 fully saturated rings. The van der Waals surface area contributed by atoms with Crippen molar-refractivity contribution in [3.63, 3.8) is 0 Å². The average Bonchev–Trinajstić information content (AvgIpc) is 2.84. The molecular weight excluding hydrogens is 529 g/mol. The maximum atomic E-state index is 9.83. The minimum atomic E-state index is 0.0189. The van der Waals surface area contributed by atoms with E-state index in [9.17, 15) is 5.26 Å². The summed E-state index contributed by atoms with van der Waals surface area (Å²) in [7, 11) is 0. The predicted molar refractivity (Wildman–Crippen MR) is 149 cm³/mol. The standard InChI is InChI=1S/C26H25Cl2N7OS/c1-26(34-17-11-37-12-17)13-35(14-26)25-15(6-29)4-16(7-33-25)24(31)19-5-18(2-3-23(19)30)36-10-20-21(27)8-32-9-22(20)28/h2-5,7-9,17,31,34H,10-14,30H2,1H3. The fourth-order valence-corrected chi connectivity index (χ4v) is 5.62. The Hall–Kier alpha value is -3.03. The summed E-state index contributed by atoms with van der Waals surface area (Å²) in [5, 5.41) is 23.1. The molecular formula is C26H25Cl2N7OS. The minimum absolute atomic E-state index is 0.0189. The molecule has 0 amide bonds. The second kappa shape index (κ2) is 10.4. The third kappa shape index (κ3) is 5.34. The molecule has 8 nitrogen and oxygen atoms in total. The van der Waals surface area contributed by atoms with Gasteiger partial charge in [-0.15, -0.1) is 0 Å². The molecule has 0 saturated carbocycles. The number of nitrogens with zero attached hydrogens (tertiary/aromatic N) is 4. The van der Waals surface area contributed by atoms with Crippen molar-refractivity contribution in [3.8, 4) is 11.8 Å². The van der Waals surface area contributed by atoms with Crippen molar-refractivity contribution in [3.05, 3.63) is 75.2 Å². The van der Waals surface area contributed by atoms with Gasteiger partial charge in [-0.05, 0) is 31.2 Å². The molecule has 5 rings (SSSR count). The third-order valence-electron chi connectivity index (χ3n) is 6.48. The van der Waals surface area contributed by atoms with Crippen LogP contribution in [0.2, 0.25) is 10.0 Å². The minimum Gasteiger partial charge on any atom is -0.489 e. The summed E-state index contributed by atoms with van der Waals surface area (Å²) in [6.45, 7) is 3.90. The maximum absolute atomic E-state index is 9.83. The number of benzene rings is 1. The van der Waals surface area contributed by atoms with Gasteiger partial charge in [0.05, 0.1) is 26.9 Å². The van der Waals surface area contributed by atoms with Crippen molar-refractivity contribution in [1.82, 2.24) is 15.3 Å². The fourth-order valence-electron chi connectivity index (χ4n) is 4.51. The highest BCUT2D eigenvalue weighted by Crippen LogP contribution is 2.32. The molecule has 0 atom stereocenters. The Morgan fingerprint density at radius 2 is 2.00 bits per heavy atom. The van der Waals surface area contributed by atoms with Gasteiger partial charge in [-0.1, -0.05) is 23.2 Å². The molecule has 4 heterocycles. The molecule has 11 heteroatoms. The normalized spacial score (nSPS) is 16.4. The number of rotatable bonds is 8. The van der Waals surface area contributed by atoms with Gasteiger partial charge in [-0.3, -0.25) is 10.4 Å². The lowest BCUT2D eigenvalue weighted by Gasteiger charge is -2.52. The van der Waals surface area contributed by atoms with Crippen LogP contribution in [0.1, 0.15) is 29.2 Å². The summed E-state index contributed by atoms with van der Waals surface area (Å²) in [6, 6.07) is 9.58. The molecule has 1 aromatic carbocycles. The Labute approximate surface area is 229 Å². The summed E-state index contributed by atoms with van der Waals surface area (Å²) in [4.78, 5) is 10.6. The number of halogens is 2. The SMILES string of the molecule is CC1(NC2CSC2)CN(c2ncc(C(=N)c3cc(OCc4c(Cl)cncc4Cl)ccc3N)cc2C#N)C1. The molecule has 0 unspecified atom stereocenters. The van der Waals surface area contributed by atoms with Crippen molar-refractivity contribution < 1.29 is 4.74 Å². The molecule has 190 valence electrons. The van der Waals surface area contributed by atoms with Gasteiger partial charge in [0.25, 0.3) is 0 Å². The number of aromatic nitrogens is 2. The Morgan fingerprint density at radius 3 is 2.65 bits per heavy atom. The molecule has 0 aliphatic carbocycles. The van der Waals surface area contributed by atoms with Gasteiger partial charge < -0.3 is 20.7 Å². The van der Waals surface area contributed by atoms with Crippen LogP contribution in [0.3, 0.4) is 0 Å². The van der Waals surface area contributed by atoms with Crippen LogP contribution in [0.15, 0.2) is 42.9 Å². The van der Waals surface area contributed by atoms with E-state index in [1.54, 1.807) is 30.5 Å². The number of nitrogens with two attached hydrogens (primary N) is 1. The molecule has 2 aliphatic heterocycles. The fraction of sp³-hybridized carbons (Fsp3) is 0.308. The Bertz CT molecular complexity index is 1380. The number of anilines is 2. The quantitative estimate of drug-likeness (QED) is 0.275. The highest BCUT2D eigenvalue weighted by molar-refractivity contribution is 8.00. The van der Waals surface area contributed by atoms with E-state index < -0.39 is 0 Å². The monoisotopic (exact) mass is 553 g/mol. The van der Waals surface area contributed by atoms with Crippen LogP contribution in [0.4, 0.5) is 11.5 Å². The molecule has 4 N–H and O–H groups in total. The zero-order valence-electron chi connectivity index (χ0n) is 20.1. The molecule has 2 aliphatic rings. The Morgan fingerprint density at radius 1 is 1.27 bits per heavy atom. The molecule has 3 aromatic rings. The largest absolute Gasteiger partial charge is 0.489 e. The highest BCUT2D eigenvalue weighted by Gasteiger charge is 2.42. The van der Waals surface area contributed by atoms with Crippen molar-refractivity contribution >= 4 is 52.2 Å². The number of pyridine rings is 2. The molecule has 2 aromatic heterocycles. The van der Waals surface area contributed by atoms with E-state index in [0.29, 0.717) is 55.6 Å². The number of nitrogen functional groups attached to an aromatic ring is 1. The first-order valence-electron chi connectivity index (χ1n) is 11.7. The maximum Gasteiger partial charge on any atom is 0.146 e. The van der Waals surface area contributed by atoms with Gasteiger partial charge in [0.1, 0.15) is 24.2 Å². The van der Waals surface area contributed by atoms with E-state index in [1.165, 1.54) is 12.4 Å². The number of nitriles is 1. The molecule has 0 radical (unpaired) electrons. The molecule has 0 bridgehead atoms. The smallest absolute Gasteiger partial charge is 0.146 e. The second-order valence-corrected chi connectivity index (χ2v) is 11.4. The third-order valence-corrected chi connectivity index (χ3v) is 8.40. The van der Waals surface area contributed by atoms with Crippen molar-refractivity contribution in [2.75, 3.05) is 35.2 Å². The van der Waals surface area contributed by atoms with Crippen molar-refractivity contribution in [2.24, 2.45) is 0 Å². The summed E-state index contributed by atoms with van der Waals surface area (Å²) in [6.07, 6.45) is 4.63. The van der Waals surface area contributed by atoms with E-state index in [0.717, 1.165) is 24.6 Å². The zero-order valence-corrected chi connectivity index (χ0v) is 22.4. The first-order chi connectivity index (χ1) is 17.8. The van der Waals surface area contributed by atoms with Gasteiger partial charge in [0, 0.05) is 71.6 Å². The summed E-state index contributed by atoms with van der Waals surface area (Å²) >= 11 is 14.3. The number of thioether (sulfide) groups is 1. The van der Waals surface area contributed by atoms with E-state index in [-0.39, 0.29) is 17.9 Å². The number of ether oxygens (including phenoxy) is 1. The van der Waals surface area contributed by atoms with Gasteiger partial charge in [-0.2, -0.15) is 17.0 Å². The van der Waals surface area contributed by atoms with Crippen molar-refractivity contribution in [2.45, 2.75) is 25.1 Å². The van der Waals surface area contributed by atoms with Gasteiger partial charge in [0.2, 0.25) is 0 Å². The predicted octanol–water partition coefficient (Wildman–Crippen LogP) is 4.52. The average molecular weight is 555 g/mol. The van der Waals surface area contributed by atoms with Gasteiger partial charge in [-0.25, -0.2) is 4.98 Å². The van der Waals surface area contributed by atoms with E-state index in [2.05, 4.69) is 33.2 Å². The lowest BCUT2D eigenvalue weighted by Crippen LogP contribution is -2.71. The van der Waals surface area contributed by atoms with Gasteiger partial charge >= 0.3 is 0 Å². The number of hydrogen-bond donors (Lipinski definition) is 3. The van der Waals surface area contributed by atoms with Crippen LogP contribution in [0.25, 0.3) is 0 Å². The summed E-state index contributed by atoms with van der Waals surface area (Å²) in [5.41, 5.74) is 8.80. The molecule has 37 heavy (non-hydrogen) atoms.